The number of rotatable bonds is 0. The van der Waals surface area contributed by atoms with Gasteiger partial charge >= 0.3 is 0 Å². The monoisotopic (exact) mass is 169 g/mol. The summed E-state index contributed by atoms with van der Waals surface area (Å²) in [6.07, 6.45) is 1.06. The Labute approximate surface area is 72.4 Å². The zero-order valence-corrected chi connectivity index (χ0v) is 7.58. The van der Waals surface area contributed by atoms with Crippen molar-refractivity contribution >= 4 is 5.96 Å². The number of ether oxygens (including phenoxy) is 1. The van der Waals surface area contributed by atoms with Crippen LogP contribution in [0, 0.1) is 0 Å². The zero-order chi connectivity index (χ0) is 8.77. The van der Waals surface area contributed by atoms with E-state index in [1.807, 2.05) is 7.05 Å². The van der Waals surface area contributed by atoms with E-state index in [1.165, 1.54) is 0 Å². The fourth-order valence-corrected chi connectivity index (χ4v) is 1.94. The summed E-state index contributed by atoms with van der Waals surface area (Å²) in [6.45, 7) is 3.69. The summed E-state index contributed by atoms with van der Waals surface area (Å²) < 4.78 is 5.23. The lowest BCUT2D eigenvalue weighted by molar-refractivity contribution is -0.120. The van der Waals surface area contributed by atoms with Gasteiger partial charge in [-0.15, -0.1) is 0 Å². The molecule has 1 unspecified atom stereocenters. The van der Waals surface area contributed by atoms with E-state index >= 15 is 0 Å². The predicted octanol–water partition coefficient (Wildman–Crippen LogP) is -0.206. The molecule has 1 atom stereocenters. The number of hydrogen-bond acceptors (Lipinski definition) is 4. The number of hydrogen-bond donors (Lipinski definition) is 1. The number of nitrogens with two attached hydrogens (primary N) is 1. The van der Waals surface area contributed by atoms with Gasteiger partial charge in [0.15, 0.2) is 5.96 Å². The Morgan fingerprint density at radius 1 is 1.67 bits per heavy atom. The summed E-state index contributed by atoms with van der Waals surface area (Å²) in [4.78, 5) is 6.36. The van der Waals surface area contributed by atoms with E-state index in [9.17, 15) is 0 Å². The largest absolute Gasteiger partial charge is 0.376 e. The van der Waals surface area contributed by atoms with E-state index in [4.69, 9.17) is 10.5 Å². The van der Waals surface area contributed by atoms with Crippen LogP contribution >= 0.6 is 0 Å². The molecule has 4 heteroatoms. The van der Waals surface area contributed by atoms with Crippen LogP contribution in [0.2, 0.25) is 0 Å². The first kappa shape index (κ1) is 7.86. The van der Waals surface area contributed by atoms with E-state index in [1.54, 1.807) is 0 Å². The standard InChI is InChI=1S/C8H15N3O/c1-6-3-8(4-12-5-8)11(2)7(9)10-6/h6H,3-5H2,1-2H3,(H2,9,10). The topological polar surface area (TPSA) is 50.9 Å². The second kappa shape index (κ2) is 2.36. The smallest absolute Gasteiger partial charge is 0.191 e. The van der Waals surface area contributed by atoms with E-state index in [0.29, 0.717) is 12.0 Å². The zero-order valence-electron chi connectivity index (χ0n) is 7.58. The van der Waals surface area contributed by atoms with Gasteiger partial charge in [0, 0.05) is 7.05 Å². The minimum absolute atomic E-state index is 0.158. The molecule has 1 fully saturated rings. The molecule has 68 valence electrons. The molecular formula is C8H15N3O. The summed E-state index contributed by atoms with van der Waals surface area (Å²) in [7, 11) is 1.99. The molecule has 1 saturated heterocycles. The van der Waals surface area contributed by atoms with Gasteiger partial charge in [0.05, 0.1) is 24.8 Å². The second-order valence-electron chi connectivity index (χ2n) is 3.82. The van der Waals surface area contributed by atoms with Crippen LogP contribution in [0.4, 0.5) is 0 Å². The predicted molar refractivity (Wildman–Crippen MR) is 47.0 cm³/mol. The molecular weight excluding hydrogens is 154 g/mol. The van der Waals surface area contributed by atoms with Gasteiger partial charge in [-0.1, -0.05) is 0 Å². The number of nitrogens with zero attached hydrogens (tertiary/aromatic N) is 2. The maximum absolute atomic E-state index is 5.77. The molecule has 4 nitrogen and oxygen atoms in total. The summed E-state index contributed by atoms with van der Waals surface area (Å²) in [5.41, 5.74) is 5.93. The molecule has 2 rings (SSSR count). The lowest BCUT2D eigenvalue weighted by Crippen LogP contribution is -2.67. The Morgan fingerprint density at radius 2 is 2.33 bits per heavy atom. The third-order valence-electron chi connectivity index (χ3n) is 2.82. The fraction of sp³-hybridized carbons (Fsp3) is 0.875. The van der Waals surface area contributed by atoms with Crippen LogP contribution in [0.3, 0.4) is 0 Å². The summed E-state index contributed by atoms with van der Waals surface area (Å²) >= 11 is 0. The van der Waals surface area contributed by atoms with Gasteiger partial charge in [-0.3, -0.25) is 4.99 Å². The van der Waals surface area contributed by atoms with Crippen LogP contribution in [-0.4, -0.2) is 42.7 Å². The van der Waals surface area contributed by atoms with E-state index in [-0.39, 0.29) is 5.54 Å². The quantitative estimate of drug-likeness (QED) is 0.546. The first-order valence-corrected chi connectivity index (χ1v) is 4.29. The molecule has 0 saturated carbocycles. The minimum Gasteiger partial charge on any atom is -0.376 e. The molecule has 0 aromatic rings. The van der Waals surface area contributed by atoms with Gasteiger partial charge in [0.25, 0.3) is 0 Å². The number of guanidine groups is 1. The average Bonchev–Trinajstić information content (AvgIpc) is 1.93. The second-order valence-corrected chi connectivity index (χ2v) is 3.82. The lowest BCUT2D eigenvalue weighted by Gasteiger charge is -2.51. The Bertz CT molecular complexity index is 222. The maximum atomic E-state index is 5.77. The highest BCUT2D eigenvalue weighted by molar-refractivity contribution is 5.79. The molecule has 1 spiro atoms. The Kier molecular flexibility index (Phi) is 1.54. The van der Waals surface area contributed by atoms with Crippen LogP contribution in [-0.2, 0) is 4.74 Å². The summed E-state index contributed by atoms with van der Waals surface area (Å²) in [5, 5.41) is 0. The van der Waals surface area contributed by atoms with Crippen LogP contribution < -0.4 is 5.73 Å². The van der Waals surface area contributed by atoms with Crippen LogP contribution in [0.15, 0.2) is 4.99 Å². The molecule has 0 aromatic heterocycles. The first-order chi connectivity index (χ1) is 5.64. The molecule has 2 heterocycles. The van der Waals surface area contributed by atoms with Gasteiger partial charge in [-0.05, 0) is 13.3 Å². The summed E-state index contributed by atoms with van der Waals surface area (Å²) in [6, 6.07) is 0.338. The van der Waals surface area contributed by atoms with Crippen LogP contribution in [0.25, 0.3) is 0 Å². The Hall–Kier alpha value is -0.770. The molecule has 2 aliphatic rings. The number of aliphatic imine (C=N–C) groups is 1. The van der Waals surface area contributed by atoms with Gasteiger partial charge in [0.2, 0.25) is 0 Å². The van der Waals surface area contributed by atoms with E-state index in [2.05, 4.69) is 16.8 Å². The van der Waals surface area contributed by atoms with E-state index < -0.39 is 0 Å². The molecule has 0 aliphatic carbocycles. The van der Waals surface area contributed by atoms with Gasteiger partial charge < -0.3 is 15.4 Å². The van der Waals surface area contributed by atoms with Crippen molar-refractivity contribution in [2.45, 2.75) is 24.9 Å². The van der Waals surface area contributed by atoms with E-state index in [0.717, 1.165) is 19.6 Å². The molecule has 0 aromatic carbocycles. The van der Waals surface area contributed by atoms with Crippen molar-refractivity contribution in [3.05, 3.63) is 0 Å². The first-order valence-electron chi connectivity index (χ1n) is 4.29. The van der Waals surface area contributed by atoms with Crippen molar-refractivity contribution < 1.29 is 4.74 Å². The highest BCUT2D eigenvalue weighted by Gasteiger charge is 2.46. The van der Waals surface area contributed by atoms with Crippen molar-refractivity contribution in [3.63, 3.8) is 0 Å². The molecule has 0 radical (unpaired) electrons. The molecule has 2 aliphatic heterocycles. The number of likely N-dealkylation sites (N-methyl/N-ethyl adjacent to an activating group) is 1. The van der Waals surface area contributed by atoms with Gasteiger partial charge in [-0.2, -0.15) is 0 Å². The van der Waals surface area contributed by atoms with Gasteiger partial charge in [0.1, 0.15) is 0 Å². The van der Waals surface area contributed by atoms with Crippen molar-refractivity contribution in [2.75, 3.05) is 20.3 Å². The molecule has 0 amide bonds. The highest BCUT2D eigenvalue weighted by Crippen LogP contribution is 2.32. The Balaban J connectivity index is 2.23. The van der Waals surface area contributed by atoms with Crippen LogP contribution in [0.5, 0.6) is 0 Å². The van der Waals surface area contributed by atoms with Crippen molar-refractivity contribution in [1.29, 1.82) is 0 Å². The minimum atomic E-state index is 0.158. The van der Waals surface area contributed by atoms with Gasteiger partial charge in [-0.25, -0.2) is 0 Å². The third kappa shape index (κ3) is 0.909. The maximum Gasteiger partial charge on any atom is 0.191 e. The molecule has 2 N–H and O–H groups in total. The van der Waals surface area contributed by atoms with Crippen molar-refractivity contribution in [2.24, 2.45) is 10.7 Å². The highest BCUT2D eigenvalue weighted by atomic mass is 16.5. The lowest BCUT2D eigenvalue weighted by atomic mass is 9.87. The third-order valence-corrected chi connectivity index (χ3v) is 2.82. The normalized spacial score (nSPS) is 33.0. The fourth-order valence-electron chi connectivity index (χ4n) is 1.94. The van der Waals surface area contributed by atoms with Crippen LogP contribution in [0.1, 0.15) is 13.3 Å². The molecule has 12 heavy (non-hydrogen) atoms. The average molecular weight is 169 g/mol. The Morgan fingerprint density at radius 3 is 2.83 bits per heavy atom. The summed E-state index contributed by atoms with van der Waals surface area (Å²) in [5.74, 6) is 0.650. The SMILES string of the molecule is CC1CC2(COC2)N(C)C(N)=N1. The van der Waals surface area contributed by atoms with Crippen molar-refractivity contribution in [3.8, 4) is 0 Å². The van der Waals surface area contributed by atoms with Crippen molar-refractivity contribution in [1.82, 2.24) is 4.90 Å². The molecule has 0 bridgehead atoms.